The maximum Gasteiger partial charge on any atom is 0.246 e. The van der Waals surface area contributed by atoms with Crippen molar-refractivity contribution < 1.29 is 14.3 Å². The van der Waals surface area contributed by atoms with Gasteiger partial charge in [0.15, 0.2) is 0 Å². The third-order valence-electron chi connectivity index (χ3n) is 3.64. The van der Waals surface area contributed by atoms with Gasteiger partial charge in [-0.15, -0.1) is 0 Å². The van der Waals surface area contributed by atoms with Crippen molar-refractivity contribution in [1.82, 2.24) is 4.90 Å². The van der Waals surface area contributed by atoms with Gasteiger partial charge in [-0.1, -0.05) is 24.3 Å². The Hall–Kier alpha value is -2.75. The Labute approximate surface area is 149 Å². The smallest absolute Gasteiger partial charge is 0.246 e. The molecule has 0 aromatic heterocycles. The fourth-order valence-electron chi connectivity index (χ4n) is 2.35. The average Bonchev–Trinajstić information content (AvgIpc) is 2.63. The van der Waals surface area contributed by atoms with Gasteiger partial charge in [0, 0.05) is 19.7 Å². The van der Waals surface area contributed by atoms with Gasteiger partial charge in [0.05, 0.1) is 13.2 Å². The number of likely N-dealkylation sites (N-methyl/N-ethyl adjacent to an activating group) is 1. The van der Waals surface area contributed by atoms with Crippen molar-refractivity contribution >= 4 is 12.0 Å². The summed E-state index contributed by atoms with van der Waals surface area (Å²) in [6.45, 7) is 5.75. The van der Waals surface area contributed by atoms with Crippen LogP contribution in [0.2, 0.25) is 0 Å². The molecule has 132 valence electrons. The maximum atomic E-state index is 12.2. The Bertz CT molecular complexity index is 690. The third kappa shape index (κ3) is 5.99. The number of nitrogens with zero attached hydrogens (tertiary/aromatic N) is 1. The lowest BCUT2D eigenvalue weighted by Gasteiger charge is -2.15. The fourth-order valence-corrected chi connectivity index (χ4v) is 2.35. The lowest BCUT2D eigenvalue weighted by Crippen LogP contribution is -2.24. The van der Waals surface area contributed by atoms with E-state index in [2.05, 4.69) is 0 Å². The van der Waals surface area contributed by atoms with Crippen molar-refractivity contribution in [3.63, 3.8) is 0 Å². The molecule has 0 aliphatic carbocycles. The molecule has 0 atom stereocenters. The first-order chi connectivity index (χ1) is 12.1. The highest BCUT2D eigenvalue weighted by Gasteiger charge is 2.06. The predicted octanol–water partition coefficient (Wildman–Crippen LogP) is 4.16. The summed E-state index contributed by atoms with van der Waals surface area (Å²) in [5.41, 5.74) is 2.03. The molecular weight excluding hydrogens is 314 g/mol. The zero-order valence-corrected chi connectivity index (χ0v) is 15.1. The number of carbonyl (C=O) groups excluding carboxylic acids is 1. The summed E-state index contributed by atoms with van der Waals surface area (Å²) in [7, 11) is 1.79. The van der Waals surface area contributed by atoms with Crippen molar-refractivity contribution in [3.05, 3.63) is 65.7 Å². The topological polar surface area (TPSA) is 38.8 Å². The van der Waals surface area contributed by atoms with Crippen LogP contribution in [0, 0.1) is 0 Å². The van der Waals surface area contributed by atoms with Gasteiger partial charge in [-0.2, -0.15) is 0 Å². The van der Waals surface area contributed by atoms with Crippen molar-refractivity contribution in [1.29, 1.82) is 0 Å². The van der Waals surface area contributed by atoms with Crippen molar-refractivity contribution in [2.75, 3.05) is 20.3 Å². The zero-order valence-electron chi connectivity index (χ0n) is 15.1. The first kappa shape index (κ1) is 18.6. The molecule has 4 heteroatoms. The number of carbonyl (C=O) groups is 1. The van der Waals surface area contributed by atoms with Gasteiger partial charge in [0.25, 0.3) is 0 Å². The van der Waals surface area contributed by atoms with Crippen LogP contribution in [-0.4, -0.2) is 31.1 Å². The molecule has 4 nitrogen and oxygen atoms in total. The lowest BCUT2D eigenvalue weighted by molar-refractivity contribution is -0.125. The SMILES string of the molecule is CCOc1ccc(/C=C/C(=O)N(C)Cc2ccc(OCC)cc2)cc1. The molecule has 0 aliphatic rings. The number of hydrogen-bond donors (Lipinski definition) is 0. The van der Waals surface area contributed by atoms with Gasteiger partial charge < -0.3 is 14.4 Å². The van der Waals surface area contributed by atoms with Crippen molar-refractivity contribution in [2.45, 2.75) is 20.4 Å². The van der Waals surface area contributed by atoms with Crippen LogP contribution in [0.25, 0.3) is 6.08 Å². The second-order valence-corrected chi connectivity index (χ2v) is 5.61. The van der Waals surface area contributed by atoms with Gasteiger partial charge in [-0.25, -0.2) is 0 Å². The Morgan fingerprint density at radius 2 is 1.44 bits per heavy atom. The van der Waals surface area contributed by atoms with E-state index in [-0.39, 0.29) is 5.91 Å². The van der Waals surface area contributed by atoms with Crippen LogP contribution >= 0.6 is 0 Å². The highest BCUT2D eigenvalue weighted by atomic mass is 16.5. The van der Waals surface area contributed by atoms with E-state index >= 15 is 0 Å². The highest BCUT2D eigenvalue weighted by molar-refractivity contribution is 5.91. The van der Waals surface area contributed by atoms with Gasteiger partial charge >= 0.3 is 0 Å². The molecule has 0 spiro atoms. The second-order valence-electron chi connectivity index (χ2n) is 5.61. The minimum Gasteiger partial charge on any atom is -0.494 e. The van der Waals surface area contributed by atoms with E-state index in [1.54, 1.807) is 18.0 Å². The number of rotatable bonds is 8. The van der Waals surface area contributed by atoms with Crippen molar-refractivity contribution in [2.24, 2.45) is 0 Å². The molecule has 25 heavy (non-hydrogen) atoms. The highest BCUT2D eigenvalue weighted by Crippen LogP contribution is 2.15. The molecule has 0 aliphatic heterocycles. The van der Waals surface area contributed by atoms with Gasteiger partial charge in [-0.3, -0.25) is 4.79 Å². The van der Waals surface area contributed by atoms with Gasteiger partial charge in [0.2, 0.25) is 5.91 Å². The van der Waals surface area contributed by atoms with Crippen LogP contribution in [0.15, 0.2) is 54.6 Å². The third-order valence-corrected chi connectivity index (χ3v) is 3.64. The monoisotopic (exact) mass is 339 g/mol. The minimum absolute atomic E-state index is 0.0391. The average molecular weight is 339 g/mol. The fraction of sp³-hybridized carbons (Fsp3) is 0.286. The Kier molecular flexibility index (Phi) is 7.08. The summed E-state index contributed by atoms with van der Waals surface area (Å²) in [6, 6.07) is 15.5. The number of amides is 1. The molecule has 0 fully saturated rings. The quantitative estimate of drug-likeness (QED) is 0.678. The summed E-state index contributed by atoms with van der Waals surface area (Å²) >= 11 is 0. The minimum atomic E-state index is -0.0391. The molecule has 0 heterocycles. The predicted molar refractivity (Wildman–Crippen MR) is 101 cm³/mol. The van der Waals surface area contributed by atoms with Crippen LogP contribution in [0.1, 0.15) is 25.0 Å². The molecule has 1 amide bonds. The van der Waals surface area contributed by atoms with Crippen LogP contribution in [0.5, 0.6) is 11.5 Å². The molecule has 0 bridgehead atoms. The van der Waals surface area contributed by atoms with Crippen LogP contribution in [0.3, 0.4) is 0 Å². The van der Waals surface area contributed by atoms with E-state index in [9.17, 15) is 4.79 Å². The Balaban J connectivity index is 1.90. The molecule has 0 unspecified atom stereocenters. The van der Waals surface area contributed by atoms with E-state index in [1.807, 2.05) is 68.5 Å². The number of ether oxygens (including phenoxy) is 2. The van der Waals surface area contributed by atoms with E-state index in [4.69, 9.17) is 9.47 Å². The summed E-state index contributed by atoms with van der Waals surface area (Å²) in [5, 5.41) is 0. The summed E-state index contributed by atoms with van der Waals surface area (Å²) in [4.78, 5) is 13.9. The van der Waals surface area contributed by atoms with E-state index in [0.29, 0.717) is 19.8 Å². The van der Waals surface area contributed by atoms with E-state index in [0.717, 1.165) is 22.6 Å². The van der Waals surface area contributed by atoms with Crippen LogP contribution < -0.4 is 9.47 Å². The first-order valence-corrected chi connectivity index (χ1v) is 8.50. The zero-order chi connectivity index (χ0) is 18.1. The van der Waals surface area contributed by atoms with Crippen LogP contribution in [0.4, 0.5) is 0 Å². The molecule has 2 rings (SSSR count). The van der Waals surface area contributed by atoms with Crippen LogP contribution in [-0.2, 0) is 11.3 Å². The van der Waals surface area contributed by atoms with Gasteiger partial charge in [-0.05, 0) is 55.3 Å². The molecule has 0 N–H and O–H groups in total. The Morgan fingerprint density at radius 1 is 0.920 bits per heavy atom. The molecule has 0 saturated carbocycles. The molecular formula is C21H25NO3. The molecule has 0 saturated heterocycles. The normalized spacial score (nSPS) is 10.7. The lowest BCUT2D eigenvalue weighted by atomic mass is 10.2. The second kappa shape index (κ2) is 9.52. The van der Waals surface area contributed by atoms with Gasteiger partial charge in [0.1, 0.15) is 11.5 Å². The standard InChI is InChI=1S/C21H25NO3/c1-4-24-19-11-6-17(7-12-19)10-15-21(23)22(3)16-18-8-13-20(14-9-18)25-5-2/h6-15H,4-5,16H2,1-3H3/b15-10+. The Morgan fingerprint density at radius 3 is 1.96 bits per heavy atom. The largest absolute Gasteiger partial charge is 0.494 e. The summed E-state index contributed by atoms with van der Waals surface area (Å²) in [5.74, 6) is 1.64. The molecule has 2 aromatic carbocycles. The first-order valence-electron chi connectivity index (χ1n) is 8.50. The van der Waals surface area contributed by atoms with E-state index in [1.165, 1.54) is 0 Å². The summed E-state index contributed by atoms with van der Waals surface area (Å²) < 4.78 is 10.8. The van der Waals surface area contributed by atoms with Crippen molar-refractivity contribution in [3.8, 4) is 11.5 Å². The van der Waals surface area contributed by atoms with E-state index < -0.39 is 0 Å². The maximum absolute atomic E-state index is 12.2. The number of benzene rings is 2. The number of hydrogen-bond acceptors (Lipinski definition) is 3. The summed E-state index contributed by atoms with van der Waals surface area (Å²) in [6.07, 6.45) is 3.40. The molecule has 0 radical (unpaired) electrons. The molecule has 2 aromatic rings.